The van der Waals surface area contributed by atoms with Crippen molar-refractivity contribution in [2.45, 2.75) is 51.1 Å². The molecule has 1 fully saturated rings. The van der Waals surface area contributed by atoms with Gasteiger partial charge >= 0.3 is 12.0 Å². The lowest BCUT2D eigenvalue weighted by atomic mass is 9.79. The quantitative estimate of drug-likeness (QED) is 0.658. The maximum Gasteiger partial charge on any atom is 0.328 e. The van der Waals surface area contributed by atoms with Crippen LogP contribution < -0.4 is 10.6 Å². The normalized spacial score (nSPS) is 18.9. The predicted octanol–water partition coefficient (Wildman–Crippen LogP) is 1.09. The Labute approximate surface area is 89.2 Å². The number of rotatable bonds is 3. The summed E-state index contributed by atoms with van der Waals surface area (Å²) in [5.74, 6) is -1.04. The van der Waals surface area contributed by atoms with Gasteiger partial charge in [-0.15, -0.1) is 0 Å². The molecule has 86 valence electrons. The number of carbonyl (C=O) groups excluding carboxylic acids is 1. The maximum absolute atomic E-state index is 11.5. The van der Waals surface area contributed by atoms with E-state index in [1.54, 1.807) is 0 Å². The Hall–Kier alpha value is -1.26. The van der Waals surface area contributed by atoms with Gasteiger partial charge in [0.15, 0.2) is 0 Å². The van der Waals surface area contributed by atoms with Crippen molar-refractivity contribution in [3.63, 3.8) is 0 Å². The standard InChI is InChI=1S/C10H18N2O3/c1-9(2,7(13)14)11-8(15)12-10(3)5-4-6-10/h4-6H2,1-3H3,(H,13,14)(H2,11,12,15). The molecule has 1 saturated carbocycles. The number of urea groups is 1. The Morgan fingerprint density at radius 1 is 1.33 bits per heavy atom. The summed E-state index contributed by atoms with van der Waals surface area (Å²) in [6.07, 6.45) is 3.01. The lowest BCUT2D eigenvalue weighted by molar-refractivity contribution is -0.142. The molecule has 0 unspecified atom stereocenters. The maximum atomic E-state index is 11.5. The highest BCUT2D eigenvalue weighted by molar-refractivity contribution is 5.85. The zero-order chi connectivity index (χ0) is 11.7. The van der Waals surface area contributed by atoms with Gasteiger partial charge in [-0.3, -0.25) is 0 Å². The van der Waals surface area contributed by atoms with Gasteiger partial charge in [-0.1, -0.05) is 0 Å². The van der Waals surface area contributed by atoms with Gasteiger partial charge in [-0.05, 0) is 40.0 Å². The summed E-state index contributed by atoms with van der Waals surface area (Å²) in [6, 6.07) is -0.412. The Morgan fingerprint density at radius 2 is 1.87 bits per heavy atom. The van der Waals surface area contributed by atoms with E-state index in [9.17, 15) is 9.59 Å². The summed E-state index contributed by atoms with van der Waals surface area (Å²) < 4.78 is 0. The van der Waals surface area contributed by atoms with Gasteiger partial charge in [0.1, 0.15) is 5.54 Å². The highest BCUT2D eigenvalue weighted by atomic mass is 16.4. The van der Waals surface area contributed by atoms with Crippen LogP contribution in [0.25, 0.3) is 0 Å². The molecule has 0 heterocycles. The Balaban J connectivity index is 2.45. The topological polar surface area (TPSA) is 78.4 Å². The molecule has 0 spiro atoms. The van der Waals surface area contributed by atoms with Crippen molar-refractivity contribution in [3.05, 3.63) is 0 Å². The van der Waals surface area contributed by atoms with Gasteiger partial charge < -0.3 is 15.7 Å². The van der Waals surface area contributed by atoms with E-state index in [0.717, 1.165) is 19.3 Å². The van der Waals surface area contributed by atoms with Crippen LogP contribution >= 0.6 is 0 Å². The van der Waals surface area contributed by atoms with Crippen LogP contribution in [0.5, 0.6) is 0 Å². The van der Waals surface area contributed by atoms with E-state index in [4.69, 9.17) is 5.11 Å². The van der Waals surface area contributed by atoms with Crippen molar-refractivity contribution in [1.82, 2.24) is 10.6 Å². The minimum atomic E-state index is -1.23. The van der Waals surface area contributed by atoms with Crippen LogP contribution in [0.4, 0.5) is 4.79 Å². The Kier molecular flexibility index (Phi) is 2.93. The highest BCUT2D eigenvalue weighted by Gasteiger charge is 2.35. The third-order valence-corrected chi connectivity index (χ3v) is 2.83. The first-order valence-corrected chi connectivity index (χ1v) is 5.09. The molecule has 1 aliphatic rings. The highest BCUT2D eigenvalue weighted by Crippen LogP contribution is 2.30. The number of aliphatic carboxylic acids is 1. The van der Waals surface area contributed by atoms with Crippen LogP contribution in [-0.2, 0) is 4.79 Å². The fourth-order valence-corrected chi connectivity index (χ4v) is 1.47. The lowest BCUT2D eigenvalue weighted by Crippen LogP contribution is -2.59. The number of hydrogen-bond donors (Lipinski definition) is 3. The molecule has 1 aliphatic carbocycles. The molecular weight excluding hydrogens is 196 g/mol. The average Bonchev–Trinajstić information content (AvgIpc) is 1.99. The van der Waals surface area contributed by atoms with Crippen LogP contribution in [-0.4, -0.2) is 28.2 Å². The first-order valence-electron chi connectivity index (χ1n) is 5.09. The summed E-state index contributed by atoms with van der Waals surface area (Å²) in [7, 11) is 0. The SMILES string of the molecule is CC1(NC(=O)NC(C)(C)C(=O)O)CCC1. The van der Waals surface area contributed by atoms with Crippen LogP contribution in [0.3, 0.4) is 0 Å². The molecule has 3 N–H and O–H groups in total. The summed E-state index contributed by atoms with van der Waals surface area (Å²) in [4.78, 5) is 22.2. The minimum absolute atomic E-state index is 0.154. The lowest BCUT2D eigenvalue weighted by Gasteiger charge is -2.39. The second kappa shape index (κ2) is 3.72. The number of carbonyl (C=O) groups is 2. The Morgan fingerprint density at radius 3 is 2.20 bits per heavy atom. The van der Waals surface area contributed by atoms with Crippen molar-refractivity contribution < 1.29 is 14.7 Å². The minimum Gasteiger partial charge on any atom is -0.480 e. The summed E-state index contributed by atoms with van der Waals surface area (Å²) in [6.45, 7) is 4.87. The molecule has 2 amide bonds. The van der Waals surface area contributed by atoms with E-state index in [1.165, 1.54) is 13.8 Å². The average molecular weight is 214 g/mol. The number of nitrogens with one attached hydrogen (secondary N) is 2. The van der Waals surface area contributed by atoms with Crippen molar-refractivity contribution in [3.8, 4) is 0 Å². The number of amides is 2. The van der Waals surface area contributed by atoms with Gasteiger partial charge in [0, 0.05) is 5.54 Å². The van der Waals surface area contributed by atoms with E-state index >= 15 is 0 Å². The summed E-state index contributed by atoms with van der Waals surface area (Å²) in [5.41, 5.74) is -1.39. The molecule has 15 heavy (non-hydrogen) atoms. The molecule has 0 atom stereocenters. The van der Waals surface area contributed by atoms with Crippen molar-refractivity contribution in [1.29, 1.82) is 0 Å². The van der Waals surface area contributed by atoms with Crippen molar-refractivity contribution in [2.75, 3.05) is 0 Å². The zero-order valence-corrected chi connectivity index (χ0v) is 9.39. The fourth-order valence-electron chi connectivity index (χ4n) is 1.47. The van der Waals surface area contributed by atoms with Gasteiger partial charge in [0.05, 0.1) is 0 Å². The second-order valence-electron chi connectivity index (χ2n) is 4.92. The molecule has 5 heteroatoms. The van der Waals surface area contributed by atoms with E-state index in [0.29, 0.717) is 0 Å². The fraction of sp³-hybridized carbons (Fsp3) is 0.800. The first-order chi connectivity index (χ1) is 6.75. The van der Waals surface area contributed by atoms with Gasteiger partial charge in [-0.25, -0.2) is 9.59 Å². The van der Waals surface area contributed by atoms with E-state index in [1.807, 2.05) is 6.92 Å². The molecule has 0 bridgehead atoms. The molecule has 1 rings (SSSR count). The third-order valence-electron chi connectivity index (χ3n) is 2.83. The van der Waals surface area contributed by atoms with Crippen LogP contribution in [0.15, 0.2) is 0 Å². The van der Waals surface area contributed by atoms with E-state index in [2.05, 4.69) is 10.6 Å². The zero-order valence-electron chi connectivity index (χ0n) is 9.39. The number of carboxylic acids is 1. The Bertz CT molecular complexity index is 282. The molecule has 0 saturated heterocycles. The number of carboxylic acid groups (broad SMARTS) is 1. The first kappa shape index (κ1) is 11.8. The van der Waals surface area contributed by atoms with Gasteiger partial charge in [0.2, 0.25) is 0 Å². The summed E-state index contributed by atoms with van der Waals surface area (Å²) in [5, 5.41) is 14.0. The summed E-state index contributed by atoms with van der Waals surface area (Å²) >= 11 is 0. The van der Waals surface area contributed by atoms with Crippen molar-refractivity contribution in [2.24, 2.45) is 0 Å². The van der Waals surface area contributed by atoms with Crippen LogP contribution in [0.2, 0.25) is 0 Å². The van der Waals surface area contributed by atoms with Gasteiger partial charge in [0.25, 0.3) is 0 Å². The monoisotopic (exact) mass is 214 g/mol. The molecule has 0 aliphatic heterocycles. The number of hydrogen-bond acceptors (Lipinski definition) is 2. The molecule has 0 aromatic carbocycles. The molecule has 5 nitrogen and oxygen atoms in total. The molecule has 0 aromatic heterocycles. The molecule has 0 aromatic rings. The van der Waals surface area contributed by atoms with Gasteiger partial charge in [-0.2, -0.15) is 0 Å². The molecular formula is C10H18N2O3. The predicted molar refractivity (Wildman–Crippen MR) is 55.6 cm³/mol. The third kappa shape index (κ3) is 2.84. The molecule has 0 radical (unpaired) electrons. The smallest absolute Gasteiger partial charge is 0.328 e. The second-order valence-corrected chi connectivity index (χ2v) is 4.92. The van der Waals surface area contributed by atoms with E-state index < -0.39 is 17.5 Å². The van der Waals surface area contributed by atoms with E-state index in [-0.39, 0.29) is 5.54 Å². The van der Waals surface area contributed by atoms with Crippen molar-refractivity contribution >= 4 is 12.0 Å². The van der Waals surface area contributed by atoms with Crippen LogP contribution in [0.1, 0.15) is 40.0 Å². The largest absolute Gasteiger partial charge is 0.480 e. The van der Waals surface area contributed by atoms with Crippen LogP contribution in [0, 0.1) is 0 Å².